The maximum Gasteiger partial charge on any atom is 0.219 e. The number of carbonyl (C=O) groups excluding carboxylic acids is 1. The third-order valence-electron chi connectivity index (χ3n) is 2.55. The van der Waals surface area contributed by atoms with Gasteiger partial charge in [-0.05, 0) is 0 Å². The molecule has 0 atom stereocenters. The molecule has 12 heavy (non-hydrogen) atoms. The summed E-state index contributed by atoms with van der Waals surface area (Å²) in [5.74, 6) is 0.609. The van der Waals surface area contributed by atoms with Gasteiger partial charge in [-0.3, -0.25) is 4.79 Å². The highest BCUT2D eigenvalue weighted by Crippen LogP contribution is 2.41. The van der Waals surface area contributed by atoms with Gasteiger partial charge in [0.15, 0.2) is 9.84 Å². The summed E-state index contributed by atoms with van der Waals surface area (Å²) in [6, 6.07) is 0. The molecule has 0 unspecified atom stereocenters. The lowest BCUT2D eigenvalue weighted by atomic mass is 9.83. The highest BCUT2D eigenvalue weighted by Gasteiger charge is 2.56. The van der Waals surface area contributed by atoms with Crippen molar-refractivity contribution in [1.82, 2.24) is 4.90 Å². The Labute approximate surface area is 71.5 Å². The second-order valence-electron chi connectivity index (χ2n) is 3.91. The minimum atomic E-state index is -2.74. The number of amides is 1. The molecule has 0 aromatic heterocycles. The Balaban J connectivity index is 1.95. The second-order valence-corrected chi connectivity index (χ2v) is 5.97. The van der Waals surface area contributed by atoms with E-state index < -0.39 is 9.84 Å². The maximum absolute atomic E-state index is 10.9. The molecule has 2 saturated heterocycles. The molecule has 0 radical (unpaired) electrons. The van der Waals surface area contributed by atoms with Crippen molar-refractivity contribution >= 4 is 15.7 Å². The van der Waals surface area contributed by atoms with E-state index in [1.54, 1.807) is 4.90 Å². The molecule has 2 fully saturated rings. The Morgan fingerprint density at radius 3 is 2.17 bits per heavy atom. The lowest BCUT2D eigenvalue weighted by molar-refractivity contribution is -0.139. The van der Waals surface area contributed by atoms with Crippen LogP contribution in [0.5, 0.6) is 0 Å². The molecule has 0 N–H and O–H groups in total. The van der Waals surface area contributed by atoms with E-state index in [1.807, 2.05) is 0 Å². The Morgan fingerprint density at radius 1 is 1.33 bits per heavy atom. The molecule has 1 spiro atoms. The van der Waals surface area contributed by atoms with Gasteiger partial charge in [-0.25, -0.2) is 8.42 Å². The van der Waals surface area contributed by atoms with E-state index in [-0.39, 0.29) is 22.8 Å². The molecule has 0 saturated carbocycles. The number of hydrogen-bond acceptors (Lipinski definition) is 3. The van der Waals surface area contributed by atoms with Crippen LogP contribution in [0.1, 0.15) is 6.92 Å². The van der Waals surface area contributed by atoms with Crippen LogP contribution in [0.2, 0.25) is 0 Å². The third-order valence-corrected chi connectivity index (χ3v) is 4.65. The SMILES string of the molecule is CC(=O)N1CC2(C1)CS(=O)(=O)C2. The number of carbonyl (C=O) groups is 1. The molecule has 5 heteroatoms. The van der Waals surface area contributed by atoms with Gasteiger partial charge in [0.05, 0.1) is 11.5 Å². The zero-order valence-electron chi connectivity index (χ0n) is 6.91. The zero-order valence-corrected chi connectivity index (χ0v) is 7.73. The van der Waals surface area contributed by atoms with Gasteiger partial charge < -0.3 is 4.90 Å². The fourth-order valence-corrected chi connectivity index (χ4v) is 4.21. The van der Waals surface area contributed by atoms with Gasteiger partial charge in [0.2, 0.25) is 5.91 Å². The van der Waals surface area contributed by atoms with Crippen molar-refractivity contribution in [1.29, 1.82) is 0 Å². The maximum atomic E-state index is 10.9. The van der Waals surface area contributed by atoms with Crippen LogP contribution in [0.3, 0.4) is 0 Å². The monoisotopic (exact) mass is 189 g/mol. The summed E-state index contributed by atoms with van der Waals surface area (Å²) in [7, 11) is -2.74. The highest BCUT2D eigenvalue weighted by atomic mass is 32.2. The van der Waals surface area contributed by atoms with Crippen LogP contribution in [0.15, 0.2) is 0 Å². The molecule has 0 aliphatic carbocycles. The van der Waals surface area contributed by atoms with Gasteiger partial charge in [0.25, 0.3) is 0 Å². The van der Waals surface area contributed by atoms with E-state index in [2.05, 4.69) is 0 Å². The van der Waals surface area contributed by atoms with Crippen LogP contribution in [0.4, 0.5) is 0 Å². The fraction of sp³-hybridized carbons (Fsp3) is 0.857. The summed E-state index contributed by atoms with van der Waals surface area (Å²) in [6.45, 7) is 2.79. The first-order chi connectivity index (χ1) is 5.43. The predicted molar refractivity (Wildman–Crippen MR) is 43.3 cm³/mol. The summed E-state index contributed by atoms with van der Waals surface area (Å²) in [6.07, 6.45) is 0. The van der Waals surface area contributed by atoms with Gasteiger partial charge in [0, 0.05) is 25.4 Å². The van der Waals surface area contributed by atoms with Gasteiger partial charge in [-0.2, -0.15) is 0 Å². The fourth-order valence-electron chi connectivity index (χ4n) is 2.06. The molecule has 2 heterocycles. The van der Waals surface area contributed by atoms with Gasteiger partial charge >= 0.3 is 0 Å². The number of rotatable bonds is 0. The summed E-state index contributed by atoms with van der Waals surface area (Å²) < 4.78 is 21.7. The third kappa shape index (κ3) is 1.03. The summed E-state index contributed by atoms with van der Waals surface area (Å²) in [5, 5.41) is 0. The molecule has 2 aliphatic heterocycles. The Bertz CT molecular complexity index is 313. The standard InChI is InChI=1S/C7H11NO3S/c1-6(9)8-2-7(3-8)4-12(10,11)5-7/h2-5H2,1H3. The van der Waals surface area contributed by atoms with Crippen molar-refractivity contribution in [3.63, 3.8) is 0 Å². The first-order valence-electron chi connectivity index (χ1n) is 3.89. The van der Waals surface area contributed by atoms with Crippen molar-refractivity contribution in [2.45, 2.75) is 6.92 Å². The van der Waals surface area contributed by atoms with Crippen molar-refractivity contribution in [3.8, 4) is 0 Å². The van der Waals surface area contributed by atoms with E-state index in [1.165, 1.54) is 6.92 Å². The van der Waals surface area contributed by atoms with Crippen LogP contribution in [0.25, 0.3) is 0 Å². The van der Waals surface area contributed by atoms with Gasteiger partial charge in [-0.15, -0.1) is 0 Å². The topological polar surface area (TPSA) is 54.5 Å². The number of hydrogen-bond donors (Lipinski definition) is 0. The van der Waals surface area contributed by atoms with Crippen molar-refractivity contribution in [3.05, 3.63) is 0 Å². The van der Waals surface area contributed by atoms with Crippen molar-refractivity contribution in [2.75, 3.05) is 24.6 Å². The van der Waals surface area contributed by atoms with E-state index >= 15 is 0 Å². The average molecular weight is 189 g/mol. The Morgan fingerprint density at radius 2 is 1.83 bits per heavy atom. The Kier molecular flexibility index (Phi) is 1.35. The molecule has 1 amide bonds. The van der Waals surface area contributed by atoms with Gasteiger partial charge in [0.1, 0.15) is 0 Å². The van der Waals surface area contributed by atoms with Crippen LogP contribution in [0, 0.1) is 5.41 Å². The summed E-state index contributed by atoms with van der Waals surface area (Å²) >= 11 is 0. The molecular weight excluding hydrogens is 178 g/mol. The van der Waals surface area contributed by atoms with E-state index in [9.17, 15) is 13.2 Å². The van der Waals surface area contributed by atoms with E-state index in [0.29, 0.717) is 13.1 Å². The van der Waals surface area contributed by atoms with E-state index in [0.717, 1.165) is 0 Å². The quantitative estimate of drug-likeness (QED) is 0.504. The molecule has 0 aromatic rings. The minimum Gasteiger partial charge on any atom is -0.342 e. The van der Waals surface area contributed by atoms with Crippen LogP contribution >= 0.6 is 0 Å². The Hall–Kier alpha value is -0.580. The highest BCUT2D eigenvalue weighted by molar-refractivity contribution is 7.92. The van der Waals surface area contributed by atoms with Crippen LogP contribution in [-0.4, -0.2) is 43.8 Å². The largest absolute Gasteiger partial charge is 0.342 e. The summed E-state index contributed by atoms with van der Waals surface area (Å²) in [4.78, 5) is 12.5. The van der Waals surface area contributed by atoms with Crippen LogP contribution in [-0.2, 0) is 14.6 Å². The normalized spacial score (nSPS) is 29.2. The molecule has 0 bridgehead atoms. The zero-order chi connectivity index (χ0) is 8.98. The predicted octanol–water partition coefficient (Wildman–Crippen LogP) is -0.737. The molecule has 68 valence electrons. The number of nitrogens with zero attached hydrogens (tertiary/aromatic N) is 1. The smallest absolute Gasteiger partial charge is 0.219 e. The lowest BCUT2D eigenvalue weighted by Crippen LogP contribution is -2.69. The van der Waals surface area contributed by atoms with E-state index in [4.69, 9.17) is 0 Å². The summed E-state index contributed by atoms with van der Waals surface area (Å²) in [5.41, 5.74) is -0.0511. The lowest BCUT2D eigenvalue weighted by Gasteiger charge is -2.54. The average Bonchev–Trinajstić information content (AvgIpc) is 1.75. The van der Waals surface area contributed by atoms with Gasteiger partial charge in [-0.1, -0.05) is 0 Å². The molecule has 2 aliphatic rings. The second kappa shape index (κ2) is 2.02. The minimum absolute atomic E-state index is 0.0462. The molecule has 2 rings (SSSR count). The van der Waals surface area contributed by atoms with Crippen molar-refractivity contribution < 1.29 is 13.2 Å². The number of sulfone groups is 1. The molecule has 4 nitrogen and oxygen atoms in total. The molecule has 0 aromatic carbocycles. The number of likely N-dealkylation sites (tertiary alicyclic amines) is 1. The first kappa shape index (κ1) is 8.04. The van der Waals surface area contributed by atoms with Crippen molar-refractivity contribution in [2.24, 2.45) is 5.41 Å². The molecular formula is C7H11NO3S. The first-order valence-corrected chi connectivity index (χ1v) is 5.71. The van der Waals surface area contributed by atoms with Crippen LogP contribution < -0.4 is 0 Å².